The molecule has 2 saturated heterocycles. The van der Waals surface area contributed by atoms with E-state index in [-0.39, 0.29) is 0 Å². The fourth-order valence-electron chi connectivity index (χ4n) is 2.75. The topological polar surface area (TPSA) is 34.3 Å². The van der Waals surface area contributed by atoms with Crippen LogP contribution in [0.4, 0.5) is 0 Å². The van der Waals surface area contributed by atoms with Gasteiger partial charge >= 0.3 is 0 Å². The van der Waals surface area contributed by atoms with Gasteiger partial charge in [-0.15, -0.1) is 0 Å². The van der Waals surface area contributed by atoms with Crippen molar-refractivity contribution < 1.29 is 14.2 Å². The third kappa shape index (κ3) is 5.15. The molecule has 0 radical (unpaired) electrons. The Morgan fingerprint density at radius 1 is 0.760 bits per heavy atom. The van der Waals surface area contributed by atoms with Crippen LogP contribution < -0.4 is 0 Å². The zero-order valence-electron chi connectivity index (χ0n) is 15.7. The standard InChI is InChI=1S/C16H18.C6H10O3/c1-11-7-5-9-15(13(11)3)16-10-6-8-12(2)14(16)4;1(5-3-8-5)7-2-6-4-9-6/h5-10H,1-4H3;5-6H,1-4H2. The minimum atomic E-state index is 0.392. The molecular weight excluding hydrogens is 312 g/mol. The van der Waals surface area contributed by atoms with Gasteiger partial charge in [-0.1, -0.05) is 36.4 Å². The number of ether oxygens (including phenoxy) is 3. The first kappa shape index (κ1) is 18.1. The predicted octanol–water partition coefficient (Wildman–Crippen LogP) is 4.39. The minimum absolute atomic E-state index is 0.392. The molecule has 0 amide bonds. The highest BCUT2D eigenvalue weighted by Crippen LogP contribution is 2.29. The summed E-state index contributed by atoms with van der Waals surface area (Å²) < 4.78 is 15.1. The van der Waals surface area contributed by atoms with Gasteiger partial charge in [0, 0.05) is 0 Å². The van der Waals surface area contributed by atoms with Crippen molar-refractivity contribution in [3.63, 3.8) is 0 Å². The summed E-state index contributed by atoms with van der Waals surface area (Å²) in [6.45, 7) is 12.0. The Bertz CT molecular complexity index is 654. The van der Waals surface area contributed by atoms with E-state index in [2.05, 4.69) is 64.1 Å². The number of aryl methyl sites for hydroxylation is 2. The second kappa shape index (κ2) is 8.13. The van der Waals surface area contributed by atoms with Gasteiger partial charge in [-0.3, -0.25) is 0 Å². The van der Waals surface area contributed by atoms with Crippen LogP contribution in [-0.2, 0) is 14.2 Å². The molecule has 3 heteroatoms. The van der Waals surface area contributed by atoms with Gasteiger partial charge in [0.15, 0.2) is 0 Å². The largest absolute Gasteiger partial charge is 0.376 e. The normalized spacial score (nSPS) is 20.6. The van der Waals surface area contributed by atoms with Gasteiger partial charge in [0.1, 0.15) is 12.2 Å². The van der Waals surface area contributed by atoms with Crippen LogP contribution in [0.2, 0.25) is 0 Å². The maximum Gasteiger partial charge on any atom is 0.104 e. The molecule has 0 bridgehead atoms. The second-order valence-electron chi connectivity index (χ2n) is 6.94. The number of hydrogen-bond acceptors (Lipinski definition) is 3. The van der Waals surface area contributed by atoms with Crippen LogP contribution in [0.5, 0.6) is 0 Å². The van der Waals surface area contributed by atoms with Gasteiger partial charge in [0.05, 0.1) is 26.4 Å². The second-order valence-corrected chi connectivity index (χ2v) is 6.94. The molecule has 2 aliphatic rings. The minimum Gasteiger partial charge on any atom is -0.376 e. The average molecular weight is 340 g/mol. The van der Waals surface area contributed by atoms with Crippen LogP contribution in [0.1, 0.15) is 22.3 Å². The Morgan fingerprint density at radius 3 is 1.52 bits per heavy atom. The summed E-state index contributed by atoms with van der Waals surface area (Å²) in [5, 5.41) is 0. The molecule has 2 aromatic rings. The summed E-state index contributed by atoms with van der Waals surface area (Å²) >= 11 is 0. The molecule has 0 N–H and O–H groups in total. The Labute approximate surface area is 150 Å². The van der Waals surface area contributed by atoms with E-state index in [9.17, 15) is 0 Å². The fourth-order valence-corrected chi connectivity index (χ4v) is 2.75. The summed E-state index contributed by atoms with van der Waals surface area (Å²) in [6.07, 6.45) is 0.785. The highest BCUT2D eigenvalue weighted by Gasteiger charge is 2.26. The zero-order valence-corrected chi connectivity index (χ0v) is 15.7. The van der Waals surface area contributed by atoms with Crippen LogP contribution in [0.15, 0.2) is 36.4 Å². The summed E-state index contributed by atoms with van der Waals surface area (Å²) in [6, 6.07) is 13.0. The van der Waals surface area contributed by atoms with Crippen LogP contribution in [-0.4, -0.2) is 38.6 Å². The lowest BCUT2D eigenvalue weighted by molar-refractivity contribution is 0.102. The fraction of sp³-hybridized carbons (Fsp3) is 0.455. The lowest BCUT2D eigenvalue weighted by Gasteiger charge is -2.12. The quantitative estimate of drug-likeness (QED) is 0.757. The maximum atomic E-state index is 5.23. The summed E-state index contributed by atoms with van der Waals surface area (Å²) in [5.41, 5.74) is 8.21. The third-order valence-electron chi connectivity index (χ3n) is 4.91. The van der Waals surface area contributed by atoms with Gasteiger partial charge in [0.25, 0.3) is 0 Å². The smallest absolute Gasteiger partial charge is 0.104 e. The Morgan fingerprint density at radius 2 is 1.16 bits per heavy atom. The Kier molecular flexibility index (Phi) is 5.89. The lowest BCUT2D eigenvalue weighted by atomic mass is 9.92. The number of hydrogen-bond donors (Lipinski definition) is 0. The molecule has 3 nitrogen and oxygen atoms in total. The zero-order chi connectivity index (χ0) is 17.8. The van der Waals surface area contributed by atoms with Gasteiger partial charge in [0.2, 0.25) is 0 Å². The van der Waals surface area contributed by atoms with Crippen LogP contribution in [0.3, 0.4) is 0 Å². The average Bonchev–Trinajstić information content (AvgIpc) is 3.49. The van der Waals surface area contributed by atoms with Gasteiger partial charge in [-0.2, -0.15) is 0 Å². The van der Waals surface area contributed by atoms with E-state index in [1.165, 1.54) is 33.4 Å². The van der Waals surface area contributed by atoms with E-state index in [4.69, 9.17) is 14.2 Å². The van der Waals surface area contributed by atoms with E-state index in [0.29, 0.717) is 12.2 Å². The molecule has 0 aromatic heterocycles. The van der Waals surface area contributed by atoms with E-state index in [0.717, 1.165) is 26.4 Å². The first-order valence-corrected chi connectivity index (χ1v) is 9.00. The molecule has 4 rings (SSSR count). The third-order valence-corrected chi connectivity index (χ3v) is 4.91. The molecule has 2 aromatic carbocycles. The molecule has 0 spiro atoms. The molecule has 0 aliphatic carbocycles. The van der Waals surface area contributed by atoms with Crippen molar-refractivity contribution in [3.8, 4) is 11.1 Å². The monoisotopic (exact) mass is 340 g/mol. The summed E-state index contributed by atoms with van der Waals surface area (Å²) in [7, 11) is 0. The van der Waals surface area contributed by atoms with Crippen molar-refractivity contribution >= 4 is 0 Å². The molecule has 2 heterocycles. The van der Waals surface area contributed by atoms with Crippen LogP contribution >= 0.6 is 0 Å². The summed E-state index contributed by atoms with van der Waals surface area (Å²) in [5.74, 6) is 0. The van der Waals surface area contributed by atoms with Crippen molar-refractivity contribution in [2.24, 2.45) is 0 Å². The molecule has 0 saturated carbocycles. The highest BCUT2D eigenvalue weighted by atomic mass is 16.6. The van der Waals surface area contributed by atoms with E-state index < -0.39 is 0 Å². The van der Waals surface area contributed by atoms with Crippen molar-refractivity contribution in [2.75, 3.05) is 26.4 Å². The summed E-state index contributed by atoms with van der Waals surface area (Å²) in [4.78, 5) is 0. The van der Waals surface area contributed by atoms with Crippen LogP contribution in [0, 0.1) is 27.7 Å². The van der Waals surface area contributed by atoms with Crippen molar-refractivity contribution in [2.45, 2.75) is 39.9 Å². The van der Waals surface area contributed by atoms with E-state index in [1.807, 2.05) is 0 Å². The number of epoxide rings is 2. The maximum absolute atomic E-state index is 5.23. The highest BCUT2D eigenvalue weighted by molar-refractivity contribution is 5.72. The SMILES string of the molecule is C(OCC1CO1)C1CO1.Cc1cccc(-c2cccc(C)c2C)c1C. The molecule has 2 aliphatic heterocycles. The molecule has 25 heavy (non-hydrogen) atoms. The van der Waals surface area contributed by atoms with Crippen LogP contribution in [0.25, 0.3) is 11.1 Å². The molecular formula is C22H28O3. The Balaban J connectivity index is 0.000000170. The lowest BCUT2D eigenvalue weighted by Crippen LogP contribution is -2.06. The van der Waals surface area contributed by atoms with Crippen molar-refractivity contribution in [3.05, 3.63) is 58.7 Å². The Hall–Kier alpha value is -1.68. The molecule has 134 valence electrons. The first-order valence-electron chi connectivity index (χ1n) is 9.00. The number of benzene rings is 2. The first-order chi connectivity index (χ1) is 12.1. The van der Waals surface area contributed by atoms with E-state index >= 15 is 0 Å². The van der Waals surface area contributed by atoms with E-state index in [1.54, 1.807) is 0 Å². The van der Waals surface area contributed by atoms with Gasteiger partial charge in [-0.25, -0.2) is 0 Å². The van der Waals surface area contributed by atoms with Crippen molar-refractivity contribution in [1.82, 2.24) is 0 Å². The van der Waals surface area contributed by atoms with Gasteiger partial charge < -0.3 is 14.2 Å². The molecule has 2 unspecified atom stereocenters. The molecule has 2 fully saturated rings. The van der Waals surface area contributed by atoms with Crippen molar-refractivity contribution in [1.29, 1.82) is 0 Å². The number of rotatable bonds is 5. The van der Waals surface area contributed by atoms with Gasteiger partial charge in [-0.05, 0) is 61.1 Å². The predicted molar refractivity (Wildman–Crippen MR) is 101 cm³/mol. The molecule has 2 atom stereocenters.